The first-order valence-electron chi connectivity index (χ1n) is 5.77. The van der Waals surface area contributed by atoms with Gasteiger partial charge in [-0.25, -0.2) is 4.98 Å². The van der Waals surface area contributed by atoms with Gasteiger partial charge in [-0.05, 0) is 6.92 Å². The van der Waals surface area contributed by atoms with E-state index in [2.05, 4.69) is 16.9 Å². The van der Waals surface area contributed by atoms with Crippen molar-refractivity contribution >= 4 is 11.8 Å². The molecule has 0 bridgehead atoms. The van der Waals surface area contributed by atoms with E-state index in [9.17, 15) is 9.59 Å². The number of likely N-dealkylation sites (N-methyl/N-ethyl adjacent to an activating group) is 1. The summed E-state index contributed by atoms with van der Waals surface area (Å²) in [6, 6.07) is 0. The summed E-state index contributed by atoms with van der Waals surface area (Å²) in [6.07, 6.45) is 3.17. The number of aromatic nitrogens is 2. The molecule has 0 aliphatic rings. The monoisotopic (exact) mass is 266 g/mol. The molecule has 0 unspecified atom stereocenters. The van der Waals surface area contributed by atoms with Crippen molar-refractivity contribution in [2.24, 2.45) is 0 Å². The predicted octanol–water partition coefficient (Wildman–Crippen LogP) is 0.266. The quantitative estimate of drug-likeness (QED) is 0.592. The molecule has 1 aromatic rings. The summed E-state index contributed by atoms with van der Waals surface area (Å²) >= 11 is 0. The fourth-order valence-corrected chi connectivity index (χ4v) is 1.37. The molecule has 1 heterocycles. The lowest BCUT2D eigenvalue weighted by atomic mass is 10.4. The van der Waals surface area contributed by atoms with Gasteiger partial charge < -0.3 is 10.2 Å². The van der Waals surface area contributed by atoms with Crippen LogP contribution in [0, 0.1) is 6.92 Å². The molecule has 0 saturated heterocycles. The topological polar surface area (TPSA) is 76.5 Å². The van der Waals surface area contributed by atoms with Crippen molar-refractivity contribution in [2.45, 2.75) is 19.9 Å². The lowest BCUT2D eigenvalue weighted by Crippen LogP contribution is -2.31. The summed E-state index contributed by atoms with van der Waals surface area (Å²) in [5.74, 6) is -0.0482. The Labute approximate surface area is 111 Å². The molecule has 0 aliphatic heterocycles. The first-order chi connectivity index (χ1) is 8.99. The van der Waals surface area contributed by atoms with Crippen LogP contribution in [0.5, 0.6) is 5.88 Å². The van der Waals surface area contributed by atoms with Gasteiger partial charge in [0.1, 0.15) is 12.2 Å². The number of nitrogens with one attached hydrogen (secondary N) is 1. The third-order valence-electron chi connectivity index (χ3n) is 2.45. The zero-order chi connectivity index (χ0) is 14.4. The van der Waals surface area contributed by atoms with Crippen molar-refractivity contribution in [3.8, 4) is 5.88 Å². The SMILES string of the molecule is C=CCC(=O)N(C)Oc1c(C)ncn1CC(=O)NC. The number of amides is 2. The summed E-state index contributed by atoms with van der Waals surface area (Å²) in [6.45, 7) is 5.31. The van der Waals surface area contributed by atoms with Crippen molar-refractivity contribution in [1.29, 1.82) is 0 Å². The van der Waals surface area contributed by atoms with Crippen molar-refractivity contribution in [3.05, 3.63) is 24.7 Å². The lowest BCUT2D eigenvalue weighted by Gasteiger charge is -2.18. The Balaban J connectivity index is 2.82. The molecule has 7 heteroatoms. The minimum absolute atomic E-state index is 0.0795. The number of carbonyl (C=O) groups excluding carboxylic acids is 2. The van der Waals surface area contributed by atoms with E-state index in [1.807, 2.05) is 0 Å². The molecule has 0 fully saturated rings. The van der Waals surface area contributed by atoms with Gasteiger partial charge in [0.15, 0.2) is 0 Å². The predicted molar refractivity (Wildman–Crippen MR) is 69.2 cm³/mol. The van der Waals surface area contributed by atoms with Gasteiger partial charge in [-0.1, -0.05) is 6.08 Å². The van der Waals surface area contributed by atoms with E-state index in [1.165, 1.54) is 24.0 Å². The van der Waals surface area contributed by atoms with Crippen molar-refractivity contribution < 1.29 is 14.4 Å². The minimum atomic E-state index is -0.234. The Morgan fingerprint density at radius 2 is 2.32 bits per heavy atom. The fraction of sp³-hybridized carbons (Fsp3) is 0.417. The maximum atomic E-state index is 11.6. The van der Waals surface area contributed by atoms with E-state index in [4.69, 9.17) is 4.84 Å². The van der Waals surface area contributed by atoms with Gasteiger partial charge in [-0.2, -0.15) is 5.06 Å². The van der Waals surface area contributed by atoms with Gasteiger partial charge in [0.25, 0.3) is 5.91 Å². The maximum absolute atomic E-state index is 11.6. The summed E-state index contributed by atoms with van der Waals surface area (Å²) < 4.78 is 1.53. The average Bonchev–Trinajstić information content (AvgIpc) is 2.71. The number of carbonyl (C=O) groups is 2. The number of imidazole rings is 1. The molecule has 0 aliphatic carbocycles. The van der Waals surface area contributed by atoms with Crippen LogP contribution in [0.15, 0.2) is 19.0 Å². The molecule has 0 aromatic carbocycles. The Morgan fingerprint density at radius 1 is 1.63 bits per heavy atom. The number of hydrogen-bond acceptors (Lipinski definition) is 4. The molecule has 0 spiro atoms. The molecule has 2 amide bonds. The normalized spacial score (nSPS) is 9.84. The average molecular weight is 266 g/mol. The van der Waals surface area contributed by atoms with Crippen molar-refractivity contribution in [1.82, 2.24) is 19.9 Å². The molecule has 0 saturated carbocycles. The standard InChI is InChI=1S/C12H18N4O3/c1-5-6-11(18)15(4)19-12-9(2)14-8-16(12)7-10(17)13-3/h5,8H,1,6-7H2,2-4H3,(H,13,17). The molecule has 1 N–H and O–H groups in total. The van der Waals surface area contributed by atoms with Gasteiger partial charge in [-0.15, -0.1) is 6.58 Å². The van der Waals surface area contributed by atoms with Crippen LogP contribution in [-0.2, 0) is 16.1 Å². The number of nitrogens with zero attached hydrogens (tertiary/aromatic N) is 3. The number of hydrogen-bond donors (Lipinski definition) is 1. The Bertz CT molecular complexity index is 481. The molecule has 7 nitrogen and oxygen atoms in total. The van der Waals surface area contributed by atoms with Gasteiger partial charge >= 0.3 is 0 Å². The largest absolute Gasteiger partial charge is 0.358 e. The molecular formula is C12H18N4O3. The Morgan fingerprint density at radius 3 is 2.89 bits per heavy atom. The van der Waals surface area contributed by atoms with Crippen LogP contribution in [0.4, 0.5) is 0 Å². The highest BCUT2D eigenvalue weighted by Gasteiger charge is 2.16. The Hall–Kier alpha value is -2.31. The van der Waals surface area contributed by atoms with E-state index in [0.717, 1.165) is 5.06 Å². The van der Waals surface area contributed by atoms with E-state index < -0.39 is 0 Å². The minimum Gasteiger partial charge on any atom is -0.358 e. The van der Waals surface area contributed by atoms with Crippen LogP contribution in [0.25, 0.3) is 0 Å². The first kappa shape index (κ1) is 14.7. The molecule has 0 radical (unpaired) electrons. The van der Waals surface area contributed by atoms with Gasteiger partial charge in [-0.3, -0.25) is 14.2 Å². The second-order valence-corrected chi connectivity index (χ2v) is 3.91. The molecule has 0 atom stereocenters. The third-order valence-corrected chi connectivity index (χ3v) is 2.45. The smallest absolute Gasteiger partial charge is 0.258 e. The zero-order valence-electron chi connectivity index (χ0n) is 11.3. The summed E-state index contributed by atoms with van der Waals surface area (Å²) in [5.41, 5.74) is 0.599. The Kier molecular flexibility index (Phi) is 5.11. The number of rotatable bonds is 6. The van der Waals surface area contributed by atoms with Crippen LogP contribution in [0.1, 0.15) is 12.1 Å². The van der Waals surface area contributed by atoms with E-state index in [1.54, 1.807) is 14.0 Å². The van der Waals surface area contributed by atoms with E-state index in [-0.39, 0.29) is 24.8 Å². The highest BCUT2D eigenvalue weighted by atomic mass is 16.7. The number of aryl methyl sites for hydroxylation is 1. The van der Waals surface area contributed by atoms with Crippen LogP contribution < -0.4 is 10.2 Å². The van der Waals surface area contributed by atoms with E-state index in [0.29, 0.717) is 11.6 Å². The number of hydroxylamine groups is 2. The highest BCUT2D eigenvalue weighted by Crippen LogP contribution is 2.17. The van der Waals surface area contributed by atoms with Crippen LogP contribution >= 0.6 is 0 Å². The van der Waals surface area contributed by atoms with Crippen LogP contribution in [0.3, 0.4) is 0 Å². The van der Waals surface area contributed by atoms with Crippen molar-refractivity contribution in [2.75, 3.05) is 14.1 Å². The second kappa shape index (κ2) is 6.58. The molecule has 1 rings (SSSR count). The van der Waals surface area contributed by atoms with Crippen LogP contribution in [-0.4, -0.2) is 40.5 Å². The lowest BCUT2D eigenvalue weighted by molar-refractivity contribution is -0.152. The molecule has 1 aromatic heterocycles. The maximum Gasteiger partial charge on any atom is 0.258 e. The summed E-state index contributed by atoms with van der Waals surface area (Å²) in [7, 11) is 3.05. The third kappa shape index (κ3) is 3.84. The van der Waals surface area contributed by atoms with Crippen LogP contribution in [0.2, 0.25) is 0 Å². The van der Waals surface area contributed by atoms with Gasteiger partial charge in [0, 0.05) is 20.5 Å². The second-order valence-electron chi connectivity index (χ2n) is 3.91. The fourth-order valence-electron chi connectivity index (χ4n) is 1.37. The van der Waals surface area contributed by atoms with Gasteiger partial charge in [0.05, 0.1) is 6.33 Å². The molecular weight excluding hydrogens is 248 g/mol. The molecule has 104 valence electrons. The van der Waals surface area contributed by atoms with Crippen molar-refractivity contribution in [3.63, 3.8) is 0 Å². The summed E-state index contributed by atoms with van der Waals surface area (Å²) in [5, 5.41) is 3.61. The van der Waals surface area contributed by atoms with E-state index >= 15 is 0 Å². The van der Waals surface area contributed by atoms with Gasteiger partial charge in [0.2, 0.25) is 11.8 Å². The zero-order valence-corrected chi connectivity index (χ0v) is 11.3. The molecule has 19 heavy (non-hydrogen) atoms. The summed E-state index contributed by atoms with van der Waals surface area (Å²) in [4.78, 5) is 32.4. The highest BCUT2D eigenvalue weighted by molar-refractivity contribution is 5.76. The first-order valence-corrected chi connectivity index (χ1v) is 5.77.